The van der Waals surface area contributed by atoms with Gasteiger partial charge in [-0.3, -0.25) is 0 Å². The molecule has 2 nitrogen and oxygen atoms in total. The van der Waals surface area contributed by atoms with E-state index in [-0.39, 0.29) is 13.0 Å². The average molecular weight is 496 g/mol. The number of hydrogen-bond donors (Lipinski definition) is 0. The van der Waals surface area contributed by atoms with E-state index in [0.717, 1.165) is 35.1 Å². The third-order valence-electron chi connectivity index (χ3n) is 7.93. The minimum absolute atomic E-state index is 0. The quantitative estimate of drug-likeness (QED) is 0.279. The summed E-state index contributed by atoms with van der Waals surface area (Å²) in [6.07, 6.45) is 11.1. The summed E-state index contributed by atoms with van der Waals surface area (Å²) in [5, 5.41) is 0. The van der Waals surface area contributed by atoms with Gasteiger partial charge >= 0.3 is 35.6 Å². The Morgan fingerprint density at radius 1 is 0.966 bits per heavy atom. The van der Waals surface area contributed by atoms with Crippen molar-refractivity contribution in [1.82, 2.24) is 0 Å². The van der Waals surface area contributed by atoms with Gasteiger partial charge in [0.15, 0.2) is 0 Å². The second-order valence-electron chi connectivity index (χ2n) is 11.4. The summed E-state index contributed by atoms with van der Waals surface area (Å²) in [6.45, 7) is 14.5. The van der Waals surface area contributed by atoms with Crippen LogP contribution < -0.4 is 0 Å². The molecule has 3 aliphatic carbocycles. The summed E-state index contributed by atoms with van der Waals surface area (Å²) in [6, 6.07) is 0. The van der Waals surface area contributed by atoms with Crippen LogP contribution in [0.1, 0.15) is 72.6 Å². The molecule has 0 N–H and O–H groups in total. The van der Waals surface area contributed by atoms with Gasteiger partial charge in [0.25, 0.3) is 0 Å². The molecule has 8 atom stereocenters. The molecule has 0 aromatic rings. The summed E-state index contributed by atoms with van der Waals surface area (Å²) in [4.78, 5) is 5.47. The summed E-state index contributed by atoms with van der Waals surface area (Å²) in [5.74, 6) is 4.50. The van der Waals surface area contributed by atoms with Crippen LogP contribution in [0.5, 0.6) is 0 Å². The van der Waals surface area contributed by atoms with E-state index in [9.17, 15) is 0 Å². The third-order valence-corrected chi connectivity index (χ3v) is 11.6. The van der Waals surface area contributed by atoms with E-state index in [1.54, 1.807) is 0 Å². The molecule has 0 aromatic heterocycles. The molecule has 1 aliphatic heterocycles. The molecule has 1 heterocycles. The third kappa shape index (κ3) is 5.87. The fourth-order valence-corrected chi connectivity index (χ4v) is 12.1. The zero-order valence-corrected chi connectivity index (χ0v) is 23.8. The summed E-state index contributed by atoms with van der Waals surface area (Å²) in [7, 11) is 8.10. The Balaban J connectivity index is 0.000000708. The molecule has 4 aliphatic rings. The zero-order chi connectivity index (χ0) is 20.7. The molecular weight excluding hydrogens is 453 g/mol. The van der Waals surface area contributed by atoms with E-state index < -0.39 is 25.3 Å². The van der Waals surface area contributed by atoms with Gasteiger partial charge < -0.3 is 17.1 Å². The summed E-state index contributed by atoms with van der Waals surface area (Å²) >= 11 is -0.556. The molecule has 0 radical (unpaired) electrons. The Hall–Kier alpha value is 1.43. The number of ether oxygens (including phenoxy) is 1. The Morgan fingerprint density at radius 2 is 1.55 bits per heavy atom. The summed E-state index contributed by atoms with van der Waals surface area (Å²) < 4.78 is 6.92. The Kier molecular flexibility index (Phi) is 9.73. The molecule has 0 aromatic carbocycles. The molecule has 3 saturated carbocycles. The van der Waals surface area contributed by atoms with E-state index in [0.29, 0.717) is 12.2 Å². The van der Waals surface area contributed by atoms with Gasteiger partial charge in [0.1, 0.15) is 0 Å². The van der Waals surface area contributed by atoms with E-state index in [1.807, 2.05) is 0 Å². The Morgan fingerprint density at radius 3 is 2.14 bits per heavy atom. The molecule has 1 saturated heterocycles. The Labute approximate surface area is 198 Å². The SMILES string of the molecule is CC1CCC2OC3C(C2C1)C1CCCCC1C3[Si](C)(C)[N-]C(C)(C)C.[CH3-].[Cl][Ti][Cl]. The molecule has 4 rings (SSSR count). The fraction of sp³-hybridized carbons (Fsp3) is 0.957. The van der Waals surface area contributed by atoms with Crippen molar-refractivity contribution in [3.05, 3.63) is 12.4 Å². The first-order valence-electron chi connectivity index (χ1n) is 11.4. The number of fused-ring (bicyclic) bond motifs is 5. The fourth-order valence-electron chi connectivity index (χ4n) is 7.61. The number of halogens is 2. The van der Waals surface area contributed by atoms with Crippen LogP contribution in [0.3, 0.4) is 0 Å². The van der Waals surface area contributed by atoms with Gasteiger partial charge in [0, 0.05) is 0 Å². The predicted octanol–water partition coefficient (Wildman–Crippen LogP) is 8.20. The van der Waals surface area contributed by atoms with Gasteiger partial charge in [0.05, 0.1) is 12.2 Å². The van der Waals surface area contributed by atoms with E-state index in [1.165, 1.54) is 44.9 Å². The predicted molar refractivity (Wildman–Crippen MR) is 127 cm³/mol. The van der Waals surface area contributed by atoms with Crippen LogP contribution in [0, 0.1) is 37.0 Å². The molecule has 0 amide bonds. The molecule has 0 bridgehead atoms. The van der Waals surface area contributed by atoms with E-state index >= 15 is 0 Å². The van der Waals surface area contributed by atoms with Crippen LogP contribution >= 0.6 is 18.6 Å². The Bertz CT molecular complexity index is 529. The number of hydrogen-bond acceptors (Lipinski definition) is 1. The summed E-state index contributed by atoms with van der Waals surface area (Å²) in [5.41, 5.74) is 0.862. The molecule has 170 valence electrons. The van der Waals surface area contributed by atoms with Gasteiger partial charge in [-0.25, -0.2) is 0 Å². The van der Waals surface area contributed by atoms with Crippen LogP contribution in [0.4, 0.5) is 0 Å². The molecule has 8 unspecified atom stereocenters. The minimum atomic E-state index is -1.68. The van der Waals surface area contributed by atoms with Crippen LogP contribution in [0.15, 0.2) is 0 Å². The molecule has 6 heteroatoms. The van der Waals surface area contributed by atoms with Crippen LogP contribution in [0.25, 0.3) is 4.98 Å². The average Bonchev–Trinajstić information content (AvgIpc) is 3.07. The first-order valence-corrected chi connectivity index (χ1v) is 18.8. The van der Waals surface area contributed by atoms with Crippen LogP contribution in [-0.4, -0.2) is 26.0 Å². The van der Waals surface area contributed by atoms with Crippen molar-refractivity contribution in [3.8, 4) is 0 Å². The van der Waals surface area contributed by atoms with Gasteiger partial charge in [-0.1, -0.05) is 68.3 Å². The second kappa shape index (κ2) is 10.6. The van der Waals surface area contributed by atoms with E-state index in [4.69, 9.17) is 28.3 Å². The molecular formula is C23H43Cl2NOSiTi-2. The molecule has 4 fully saturated rings. The van der Waals surface area contributed by atoms with E-state index in [2.05, 4.69) is 40.8 Å². The van der Waals surface area contributed by atoms with Crippen molar-refractivity contribution in [2.24, 2.45) is 29.6 Å². The van der Waals surface area contributed by atoms with Crippen molar-refractivity contribution in [2.45, 2.75) is 109 Å². The van der Waals surface area contributed by atoms with Gasteiger partial charge in [0.2, 0.25) is 0 Å². The van der Waals surface area contributed by atoms with Crippen molar-refractivity contribution in [3.63, 3.8) is 0 Å². The van der Waals surface area contributed by atoms with Crippen molar-refractivity contribution >= 4 is 26.8 Å². The maximum atomic E-state index is 6.92. The monoisotopic (exact) mass is 495 g/mol. The van der Waals surface area contributed by atoms with Gasteiger partial charge in [-0.05, 0) is 60.8 Å². The number of rotatable bonds is 2. The van der Waals surface area contributed by atoms with Gasteiger partial charge in [-0.15, -0.1) is 5.54 Å². The van der Waals surface area contributed by atoms with Crippen LogP contribution in [0.2, 0.25) is 18.6 Å². The van der Waals surface area contributed by atoms with Gasteiger partial charge in [-0.2, -0.15) is 0 Å². The first kappa shape index (κ1) is 26.7. The van der Waals surface area contributed by atoms with Crippen molar-refractivity contribution in [2.75, 3.05) is 0 Å². The van der Waals surface area contributed by atoms with Crippen LogP contribution in [-0.2, 0) is 21.8 Å². The normalized spacial score (nSPS) is 41.2. The molecule has 29 heavy (non-hydrogen) atoms. The standard InChI is InChI=1S/C22H40NOSi.CH3.2ClH.Ti/c1-14-11-12-18-17(13-14)19-15-9-7-8-10-16(15)21(20(19)24-18)25(5,6)23-22(2,3)4;;;;/h14-21H,7-13H2,1-6H3;1H3;2*1H;/q2*-1;;;+2/p-2. The number of nitrogens with zero attached hydrogens (tertiary/aromatic N) is 1. The molecule has 0 spiro atoms. The topological polar surface area (TPSA) is 23.3 Å². The zero-order valence-electron chi connectivity index (χ0n) is 19.7. The van der Waals surface area contributed by atoms with Crippen molar-refractivity contribution in [1.29, 1.82) is 0 Å². The second-order valence-corrected chi connectivity index (χ2v) is 18.2. The first-order chi connectivity index (χ1) is 13.1. The maximum absolute atomic E-state index is 6.92. The van der Waals surface area contributed by atoms with Crippen molar-refractivity contribution < 1.29 is 21.8 Å².